The highest BCUT2D eigenvalue weighted by Gasteiger charge is 1.98. The number of aromatic amines is 1. The molecule has 0 amide bonds. The summed E-state index contributed by atoms with van der Waals surface area (Å²) in [5.74, 6) is 0. The molecule has 0 spiro atoms. The van der Waals surface area contributed by atoms with Crippen molar-refractivity contribution in [2.45, 2.75) is 6.54 Å². The van der Waals surface area contributed by atoms with E-state index in [0.29, 0.717) is 6.54 Å². The molecule has 3 rings (SSSR count). The van der Waals surface area contributed by atoms with E-state index >= 15 is 0 Å². The van der Waals surface area contributed by atoms with Crippen molar-refractivity contribution in [1.82, 2.24) is 19.9 Å². The number of hydrogen-bond donors (Lipinski definition) is 2. The van der Waals surface area contributed by atoms with Crippen LogP contribution in [0.3, 0.4) is 0 Å². The lowest BCUT2D eigenvalue weighted by Gasteiger charge is -2.05. The van der Waals surface area contributed by atoms with Crippen LogP contribution in [0.4, 0.5) is 5.69 Å². The second-order valence-electron chi connectivity index (χ2n) is 3.69. The molecular weight excluding hydrogens is 214 g/mol. The van der Waals surface area contributed by atoms with Gasteiger partial charge in [-0.3, -0.25) is 9.97 Å². The van der Waals surface area contributed by atoms with Crippen LogP contribution >= 0.6 is 0 Å². The van der Waals surface area contributed by atoms with Crippen molar-refractivity contribution in [1.29, 1.82) is 0 Å². The van der Waals surface area contributed by atoms with Gasteiger partial charge in [-0.15, -0.1) is 0 Å². The largest absolute Gasteiger partial charge is 0.379 e. The first-order valence-corrected chi connectivity index (χ1v) is 5.34. The summed E-state index contributed by atoms with van der Waals surface area (Å²) in [4.78, 5) is 15.5. The maximum Gasteiger partial charge on any atom is 0.0922 e. The molecule has 0 saturated heterocycles. The first-order chi connectivity index (χ1) is 8.42. The van der Waals surface area contributed by atoms with Crippen LogP contribution in [-0.4, -0.2) is 19.9 Å². The molecule has 2 heterocycles. The zero-order valence-corrected chi connectivity index (χ0v) is 9.09. The Kier molecular flexibility index (Phi) is 2.42. The smallest absolute Gasteiger partial charge is 0.0922 e. The van der Waals surface area contributed by atoms with E-state index < -0.39 is 0 Å². The van der Waals surface area contributed by atoms with Crippen LogP contribution in [-0.2, 0) is 6.54 Å². The van der Waals surface area contributed by atoms with E-state index in [9.17, 15) is 0 Å². The van der Waals surface area contributed by atoms with Crippen molar-refractivity contribution in [3.05, 3.63) is 48.8 Å². The van der Waals surface area contributed by atoms with E-state index in [2.05, 4.69) is 25.3 Å². The maximum absolute atomic E-state index is 4.26. The van der Waals surface area contributed by atoms with Crippen molar-refractivity contribution >= 4 is 16.7 Å². The Labute approximate surface area is 98.0 Å². The quantitative estimate of drug-likeness (QED) is 0.715. The van der Waals surface area contributed by atoms with Gasteiger partial charge in [0.1, 0.15) is 0 Å². The third-order valence-corrected chi connectivity index (χ3v) is 2.51. The molecule has 1 aromatic carbocycles. The van der Waals surface area contributed by atoms with E-state index in [4.69, 9.17) is 0 Å². The second kappa shape index (κ2) is 4.21. The van der Waals surface area contributed by atoms with Gasteiger partial charge in [0.15, 0.2) is 0 Å². The molecule has 0 radical (unpaired) electrons. The molecule has 5 nitrogen and oxygen atoms in total. The fraction of sp³-hybridized carbons (Fsp3) is 0.0833. The van der Waals surface area contributed by atoms with Crippen molar-refractivity contribution in [2.24, 2.45) is 0 Å². The predicted molar refractivity (Wildman–Crippen MR) is 65.5 cm³/mol. The monoisotopic (exact) mass is 225 g/mol. The van der Waals surface area contributed by atoms with E-state index in [1.165, 1.54) is 0 Å². The number of aromatic nitrogens is 4. The van der Waals surface area contributed by atoms with Crippen LogP contribution in [0.15, 0.2) is 43.1 Å². The van der Waals surface area contributed by atoms with Gasteiger partial charge in [0, 0.05) is 24.3 Å². The fourth-order valence-corrected chi connectivity index (χ4v) is 1.65. The van der Waals surface area contributed by atoms with Crippen LogP contribution < -0.4 is 5.32 Å². The Morgan fingerprint density at radius 1 is 1.12 bits per heavy atom. The van der Waals surface area contributed by atoms with Crippen molar-refractivity contribution in [3.63, 3.8) is 0 Å². The van der Waals surface area contributed by atoms with E-state index in [1.807, 2.05) is 18.2 Å². The van der Waals surface area contributed by atoms with Gasteiger partial charge in [-0.2, -0.15) is 0 Å². The first-order valence-electron chi connectivity index (χ1n) is 5.34. The molecule has 84 valence electrons. The van der Waals surface area contributed by atoms with Crippen LogP contribution in [0.2, 0.25) is 0 Å². The van der Waals surface area contributed by atoms with E-state index in [-0.39, 0.29) is 0 Å². The van der Waals surface area contributed by atoms with Crippen LogP contribution in [0, 0.1) is 0 Å². The second-order valence-corrected chi connectivity index (χ2v) is 3.69. The van der Waals surface area contributed by atoms with Gasteiger partial charge < -0.3 is 10.3 Å². The molecule has 2 aromatic heterocycles. The fourth-order valence-electron chi connectivity index (χ4n) is 1.65. The van der Waals surface area contributed by atoms with Gasteiger partial charge in [0.25, 0.3) is 0 Å². The number of benzene rings is 1. The maximum atomic E-state index is 4.26. The van der Waals surface area contributed by atoms with Crippen molar-refractivity contribution < 1.29 is 0 Å². The summed E-state index contributed by atoms with van der Waals surface area (Å²) in [5, 5.41) is 3.30. The summed E-state index contributed by atoms with van der Waals surface area (Å²) >= 11 is 0. The number of nitrogens with zero attached hydrogens (tertiary/aromatic N) is 3. The number of nitrogens with one attached hydrogen (secondary N) is 2. The number of imidazole rings is 1. The van der Waals surface area contributed by atoms with Crippen molar-refractivity contribution in [2.75, 3.05) is 5.32 Å². The summed E-state index contributed by atoms with van der Waals surface area (Å²) < 4.78 is 0. The molecule has 0 aliphatic rings. The SMILES string of the molecule is c1cnc2cc(NCc3cnc[nH]3)ccc2n1. The number of rotatable bonds is 3. The molecule has 0 saturated carbocycles. The van der Waals surface area contributed by atoms with Gasteiger partial charge in [0.05, 0.1) is 29.6 Å². The molecule has 0 atom stereocenters. The third kappa shape index (κ3) is 2.08. The van der Waals surface area contributed by atoms with Crippen molar-refractivity contribution in [3.8, 4) is 0 Å². The molecule has 0 aliphatic carbocycles. The molecule has 0 bridgehead atoms. The molecule has 3 aromatic rings. The zero-order chi connectivity index (χ0) is 11.5. The number of hydrogen-bond acceptors (Lipinski definition) is 4. The third-order valence-electron chi connectivity index (χ3n) is 2.51. The molecule has 0 unspecified atom stereocenters. The minimum Gasteiger partial charge on any atom is -0.379 e. The Hall–Kier alpha value is -2.43. The summed E-state index contributed by atoms with van der Waals surface area (Å²) in [6.07, 6.45) is 6.86. The molecule has 0 aliphatic heterocycles. The standard InChI is InChI=1S/C12H11N5/c1-2-11-12(15-4-3-14-11)5-9(1)16-7-10-6-13-8-17-10/h1-6,8,16H,7H2,(H,13,17). The predicted octanol–water partition coefficient (Wildman–Crippen LogP) is 1.96. The normalized spacial score (nSPS) is 10.6. The first kappa shape index (κ1) is 9.77. The topological polar surface area (TPSA) is 66.5 Å². The number of anilines is 1. The Morgan fingerprint density at radius 2 is 2.00 bits per heavy atom. The zero-order valence-electron chi connectivity index (χ0n) is 9.09. The minimum absolute atomic E-state index is 0.714. The highest BCUT2D eigenvalue weighted by atomic mass is 14.9. The average molecular weight is 225 g/mol. The van der Waals surface area contributed by atoms with Gasteiger partial charge in [-0.1, -0.05) is 0 Å². The van der Waals surface area contributed by atoms with E-state index in [1.54, 1.807) is 24.9 Å². The molecule has 5 heteroatoms. The Bertz CT molecular complexity index is 618. The van der Waals surface area contributed by atoms with Gasteiger partial charge in [0.2, 0.25) is 0 Å². The highest BCUT2D eigenvalue weighted by Crippen LogP contribution is 2.15. The van der Waals surface area contributed by atoms with Crippen LogP contribution in [0.25, 0.3) is 11.0 Å². The summed E-state index contributed by atoms with van der Waals surface area (Å²) in [7, 11) is 0. The minimum atomic E-state index is 0.714. The lowest BCUT2D eigenvalue weighted by atomic mass is 10.2. The number of H-pyrrole nitrogens is 1. The van der Waals surface area contributed by atoms with Gasteiger partial charge in [-0.05, 0) is 18.2 Å². The summed E-state index contributed by atoms with van der Waals surface area (Å²) in [5.41, 5.74) is 3.86. The summed E-state index contributed by atoms with van der Waals surface area (Å²) in [6, 6.07) is 5.93. The van der Waals surface area contributed by atoms with Gasteiger partial charge in [-0.25, -0.2) is 4.98 Å². The number of fused-ring (bicyclic) bond motifs is 1. The summed E-state index contributed by atoms with van der Waals surface area (Å²) in [6.45, 7) is 0.714. The molecule has 2 N–H and O–H groups in total. The molecular formula is C12H11N5. The van der Waals surface area contributed by atoms with Crippen LogP contribution in [0.5, 0.6) is 0 Å². The highest BCUT2D eigenvalue weighted by molar-refractivity contribution is 5.78. The lowest BCUT2D eigenvalue weighted by Crippen LogP contribution is -1.99. The van der Waals surface area contributed by atoms with Crippen LogP contribution in [0.1, 0.15) is 5.69 Å². The molecule has 0 fully saturated rings. The Morgan fingerprint density at radius 3 is 2.82 bits per heavy atom. The Balaban J connectivity index is 1.81. The average Bonchev–Trinajstić information content (AvgIpc) is 2.89. The van der Waals surface area contributed by atoms with Gasteiger partial charge >= 0.3 is 0 Å². The van der Waals surface area contributed by atoms with E-state index in [0.717, 1.165) is 22.4 Å². The molecule has 17 heavy (non-hydrogen) atoms. The lowest BCUT2D eigenvalue weighted by molar-refractivity contribution is 1.07.